The number of rotatable bonds is 5. The number of halogens is 2. The average Bonchev–Trinajstić information content (AvgIpc) is 2.90. The fourth-order valence-corrected chi connectivity index (χ4v) is 2.48. The second kappa shape index (κ2) is 10.1. The van der Waals surface area contributed by atoms with Crippen molar-refractivity contribution in [1.82, 2.24) is 4.57 Å². The first kappa shape index (κ1) is 22.7. The summed E-state index contributed by atoms with van der Waals surface area (Å²) in [7, 11) is 2.04. The van der Waals surface area contributed by atoms with E-state index in [1.807, 2.05) is 31.3 Å². The summed E-state index contributed by atoms with van der Waals surface area (Å²) >= 11 is 0. The Bertz CT molecular complexity index is 946. The molecule has 7 nitrogen and oxygen atoms in total. The minimum absolute atomic E-state index is 0. The highest BCUT2D eigenvalue weighted by Gasteiger charge is 2.14. The number of hydrogen-bond donors (Lipinski definition) is 2. The predicted octanol–water partition coefficient (Wildman–Crippen LogP) is -1.16. The van der Waals surface area contributed by atoms with Crippen molar-refractivity contribution in [2.24, 2.45) is 28.7 Å². The Morgan fingerprint density at radius 3 is 2.59 bits per heavy atom. The van der Waals surface area contributed by atoms with Crippen LogP contribution in [0.1, 0.15) is 16.8 Å². The molecule has 3 aromatic rings. The van der Waals surface area contributed by atoms with Crippen LogP contribution in [0.3, 0.4) is 0 Å². The van der Waals surface area contributed by atoms with Gasteiger partial charge in [-0.1, -0.05) is 0 Å². The standard InChI is InChI=1S/C18H21N6O.2BrH/c1-13-7-8-24-11-15(23(2)17(24)9-13)12-25-16-5-3-14(4-6-16)10-21-22-18(19)20;;/h3-11H,12H2,1-2H3,(H4,19,20,22);2*1H/q+1;;/p-1/b21-10+;;. The van der Waals surface area contributed by atoms with Crippen molar-refractivity contribution >= 4 is 34.8 Å². The van der Waals surface area contributed by atoms with E-state index in [0.29, 0.717) is 6.61 Å². The van der Waals surface area contributed by atoms with Gasteiger partial charge >= 0.3 is 0 Å². The molecular weight excluding hydrogens is 476 g/mol. The van der Waals surface area contributed by atoms with Gasteiger partial charge in [-0.05, 0) is 48.4 Å². The minimum Gasteiger partial charge on any atom is -1.00 e. The first-order valence-corrected chi connectivity index (χ1v) is 7.84. The van der Waals surface area contributed by atoms with E-state index in [2.05, 4.69) is 50.6 Å². The first-order valence-electron chi connectivity index (χ1n) is 7.84. The molecule has 0 spiro atoms. The van der Waals surface area contributed by atoms with Gasteiger partial charge in [0.15, 0.2) is 12.3 Å². The van der Waals surface area contributed by atoms with Crippen molar-refractivity contribution in [3.63, 3.8) is 0 Å². The van der Waals surface area contributed by atoms with Crippen LogP contribution in [-0.2, 0) is 13.7 Å². The van der Waals surface area contributed by atoms with Crippen LogP contribution in [0.25, 0.3) is 5.65 Å². The molecule has 144 valence electrons. The summed E-state index contributed by atoms with van der Waals surface area (Å²) in [5.74, 6) is 0.713. The van der Waals surface area contributed by atoms with Crippen LogP contribution in [-0.4, -0.2) is 16.7 Å². The molecule has 0 radical (unpaired) electrons. The molecule has 9 heteroatoms. The molecule has 27 heavy (non-hydrogen) atoms. The maximum absolute atomic E-state index is 5.88. The number of aryl methyl sites for hydroxylation is 2. The van der Waals surface area contributed by atoms with Gasteiger partial charge in [-0.15, -0.1) is 22.1 Å². The van der Waals surface area contributed by atoms with Crippen molar-refractivity contribution in [3.05, 3.63) is 65.6 Å². The lowest BCUT2D eigenvalue weighted by molar-refractivity contribution is -0.511. The third kappa shape index (κ3) is 5.80. The van der Waals surface area contributed by atoms with Crippen molar-refractivity contribution in [3.8, 4) is 5.75 Å². The molecule has 2 heterocycles. The van der Waals surface area contributed by atoms with Crippen molar-refractivity contribution in [2.75, 3.05) is 0 Å². The third-order valence-electron chi connectivity index (χ3n) is 3.83. The van der Waals surface area contributed by atoms with E-state index in [1.165, 1.54) is 5.56 Å². The predicted molar refractivity (Wildman–Crippen MR) is 108 cm³/mol. The number of imidazole rings is 1. The van der Waals surface area contributed by atoms with Crippen LogP contribution in [0.4, 0.5) is 0 Å². The molecular formula is C18H22Br2N6O. The van der Waals surface area contributed by atoms with Gasteiger partial charge in [-0.3, -0.25) is 0 Å². The Hall–Kier alpha value is -2.39. The number of nitrogens with two attached hydrogens (primary N) is 2. The fourth-order valence-electron chi connectivity index (χ4n) is 2.48. The quantitative estimate of drug-likeness (QED) is 0.201. The molecule has 0 saturated carbocycles. The van der Waals surface area contributed by atoms with Gasteiger partial charge in [0, 0.05) is 6.07 Å². The molecule has 0 atom stereocenters. The van der Waals surface area contributed by atoms with Crippen LogP contribution in [0.15, 0.2) is 59.0 Å². The number of fused-ring (bicyclic) bond motifs is 1. The zero-order valence-corrected chi connectivity index (χ0v) is 18.3. The van der Waals surface area contributed by atoms with E-state index in [-0.39, 0.29) is 39.9 Å². The highest BCUT2D eigenvalue weighted by atomic mass is 79.9. The van der Waals surface area contributed by atoms with Gasteiger partial charge < -0.3 is 33.2 Å². The molecule has 2 aromatic heterocycles. The summed E-state index contributed by atoms with van der Waals surface area (Å²) in [6.45, 7) is 2.57. The number of pyridine rings is 1. The number of guanidine groups is 1. The maximum Gasteiger partial charge on any atom is 0.286 e. The van der Waals surface area contributed by atoms with Gasteiger partial charge in [-0.25, -0.2) is 8.97 Å². The lowest BCUT2D eigenvalue weighted by Crippen LogP contribution is -3.00. The Labute approximate surface area is 178 Å². The normalized spacial score (nSPS) is 10.3. The number of aromatic nitrogens is 2. The van der Waals surface area contributed by atoms with Gasteiger partial charge in [-0.2, -0.15) is 5.10 Å². The van der Waals surface area contributed by atoms with Crippen molar-refractivity contribution in [1.29, 1.82) is 0 Å². The zero-order valence-electron chi connectivity index (χ0n) is 15.0. The summed E-state index contributed by atoms with van der Waals surface area (Å²) in [4.78, 5) is 0. The second-order valence-corrected chi connectivity index (χ2v) is 5.78. The topological polar surface area (TPSA) is 95.0 Å². The van der Waals surface area contributed by atoms with E-state index in [9.17, 15) is 0 Å². The van der Waals surface area contributed by atoms with E-state index in [4.69, 9.17) is 16.2 Å². The Balaban J connectivity index is 0.00000182. The van der Waals surface area contributed by atoms with Gasteiger partial charge in [0.2, 0.25) is 5.96 Å². The molecule has 0 amide bonds. The van der Waals surface area contributed by atoms with E-state index in [1.54, 1.807) is 6.21 Å². The lowest BCUT2D eigenvalue weighted by Gasteiger charge is -2.04. The van der Waals surface area contributed by atoms with Crippen LogP contribution in [0.2, 0.25) is 0 Å². The molecule has 0 unspecified atom stereocenters. The molecule has 3 rings (SSSR count). The molecule has 0 aliphatic carbocycles. The van der Waals surface area contributed by atoms with Crippen LogP contribution < -0.4 is 37.6 Å². The molecule has 4 N–H and O–H groups in total. The van der Waals surface area contributed by atoms with Crippen molar-refractivity contribution in [2.45, 2.75) is 13.5 Å². The maximum atomic E-state index is 5.88. The largest absolute Gasteiger partial charge is 1.00 e. The Morgan fingerprint density at radius 1 is 1.22 bits per heavy atom. The molecule has 0 aliphatic rings. The average molecular weight is 498 g/mol. The van der Waals surface area contributed by atoms with E-state index in [0.717, 1.165) is 22.7 Å². The van der Waals surface area contributed by atoms with Crippen LogP contribution in [0.5, 0.6) is 5.75 Å². The summed E-state index contributed by atoms with van der Waals surface area (Å²) in [6, 6.07) is 11.8. The second-order valence-electron chi connectivity index (χ2n) is 5.78. The van der Waals surface area contributed by atoms with E-state index < -0.39 is 0 Å². The van der Waals surface area contributed by atoms with Crippen LogP contribution >= 0.6 is 17.0 Å². The number of benzene rings is 1. The smallest absolute Gasteiger partial charge is 0.286 e. The SMILES string of the molecule is Br.Cc1cc[n+]2cc(COc3ccc(/C=N/N=C(N)N)cc3)n(C)c2c1.[Br-]. The summed E-state index contributed by atoms with van der Waals surface area (Å²) in [6.07, 6.45) is 5.70. The first-order chi connectivity index (χ1) is 12.0. The highest BCUT2D eigenvalue weighted by molar-refractivity contribution is 8.93. The zero-order chi connectivity index (χ0) is 17.8. The number of ether oxygens (including phenoxy) is 1. The highest BCUT2D eigenvalue weighted by Crippen LogP contribution is 2.14. The fraction of sp³-hybridized carbons (Fsp3) is 0.167. The molecule has 1 aromatic carbocycles. The Morgan fingerprint density at radius 2 is 1.93 bits per heavy atom. The van der Waals surface area contributed by atoms with Gasteiger partial charge in [0.25, 0.3) is 5.65 Å². The molecule has 0 aliphatic heterocycles. The number of nitrogens with zero attached hydrogens (tertiary/aromatic N) is 4. The monoisotopic (exact) mass is 496 g/mol. The lowest BCUT2D eigenvalue weighted by atomic mass is 10.2. The minimum atomic E-state index is -0.0702. The van der Waals surface area contributed by atoms with E-state index >= 15 is 0 Å². The molecule has 0 fully saturated rings. The molecule has 0 bridgehead atoms. The summed E-state index contributed by atoms with van der Waals surface area (Å²) in [5.41, 5.74) is 14.8. The molecule has 0 saturated heterocycles. The third-order valence-corrected chi connectivity index (χ3v) is 3.83. The van der Waals surface area contributed by atoms with Gasteiger partial charge in [0.1, 0.15) is 11.9 Å². The van der Waals surface area contributed by atoms with Gasteiger partial charge in [0.05, 0.1) is 19.5 Å². The van der Waals surface area contributed by atoms with Crippen molar-refractivity contribution < 1.29 is 26.1 Å². The number of hydrogen-bond acceptors (Lipinski definition) is 3. The summed E-state index contributed by atoms with van der Waals surface area (Å²) < 4.78 is 10.1. The summed E-state index contributed by atoms with van der Waals surface area (Å²) in [5, 5.41) is 7.33. The van der Waals surface area contributed by atoms with Crippen LogP contribution in [0, 0.1) is 6.92 Å². The Kier molecular flexibility index (Phi) is 8.45.